The Kier molecular flexibility index (Phi) is 9.98. The van der Waals surface area contributed by atoms with Crippen molar-refractivity contribution in [1.29, 1.82) is 0 Å². The molecule has 1 aromatic heterocycles. The Morgan fingerprint density at radius 2 is 1.74 bits per heavy atom. The molecule has 3 rings (SSSR count). The number of aromatic nitrogens is 2. The fourth-order valence-corrected chi connectivity index (χ4v) is 5.63. The van der Waals surface area contributed by atoms with E-state index in [9.17, 15) is 26.4 Å². The lowest BCUT2D eigenvalue weighted by molar-refractivity contribution is -0.0500. The van der Waals surface area contributed by atoms with Gasteiger partial charge in [-0.3, -0.25) is 4.79 Å². The molecule has 0 aliphatic carbocycles. The summed E-state index contributed by atoms with van der Waals surface area (Å²) in [6, 6.07) is 5.68. The number of nitrogens with zero attached hydrogens (tertiary/aromatic N) is 4. The predicted molar refractivity (Wildman–Crippen MR) is 142 cm³/mol. The third-order valence-corrected chi connectivity index (χ3v) is 8.29. The van der Waals surface area contributed by atoms with Crippen LogP contribution in [0.15, 0.2) is 36.7 Å². The summed E-state index contributed by atoms with van der Waals surface area (Å²) in [5, 5.41) is 0. The maximum absolute atomic E-state index is 13.0. The lowest BCUT2D eigenvalue weighted by atomic mass is 9.71. The van der Waals surface area contributed by atoms with Gasteiger partial charge >= 0.3 is 15.6 Å². The number of halogens is 3. The molecule has 2 aromatic rings. The molecular formula is C27H37F3N4O4S. The number of amides is 1. The standard InChI is InChI=1S/C27H37F3N4O4S/c1-5-9-20(4)19-33-14-12-26(13-15-33,25-31-17-21(18-32-25)24(35)34(6-2)7-3)22-10-8-11-23(16-22)38-39(36,37)27(28,29)30/h8,10-11,16-18,20H,5-7,9,12-15,19H2,1-4H3. The van der Waals surface area contributed by atoms with Gasteiger partial charge in [-0.15, -0.1) is 0 Å². The average Bonchev–Trinajstić information content (AvgIpc) is 2.89. The largest absolute Gasteiger partial charge is 0.534 e. The number of piperidine rings is 1. The van der Waals surface area contributed by atoms with E-state index in [1.165, 1.54) is 30.6 Å². The number of rotatable bonds is 11. The number of hydrogen-bond donors (Lipinski definition) is 0. The molecule has 1 aliphatic rings. The topological polar surface area (TPSA) is 92.7 Å². The molecule has 0 radical (unpaired) electrons. The van der Waals surface area contributed by atoms with Gasteiger partial charge in [0, 0.05) is 32.0 Å². The van der Waals surface area contributed by atoms with E-state index >= 15 is 0 Å². The summed E-state index contributed by atoms with van der Waals surface area (Å²) < 4.78 is 66.6. The first-order valence-corrected chi connectivity index (χ1v) is 14.7. The number of hydrogen-bond acceptors (Lipinski definition) is 7. The maximum Gasteiger partial charge on any atom is 0.534 e. The fraction of sp³-hybridized carbons (Fsp3) is 0.593. The van der Waals surface area contributed by atoms with Crippen molar-refractivity contribution in [1.82, 2.24) is 19.8 Å². The van der Waals surface area contributed by atoms with Gasteiger partial charge in [0.25, 0.3) is 5.91 Å². The number of carbonyl (C=O) groups is 1. The SMILES string of the molecule is CCCC(C)CN1CCC(c2cccc(OS(=O)(=O)C(F)(F)F)c2)(c2ncc(C(=O)N(CC)CC)cn2)CC1. The van der Waals surface area contributed by atoms with Gasteiger partial charge in [0.2, 0.25) is 0 Å². The van der Waals surface area contributed by atoms with Crippen LogP contribution in [0.2, 0.25) is 0 Å². The lowest BCUT2D eigenvalue weighted by Gasteiger charge is -2.42. The van der Waals surface area contributed by atoms with Crippen LogP contribution in [0, 0.1) is 5.92 Å². The van der Waals surface area contributed by atoms with Crippen LogP contribution in [-0.2, 0) is 15.5 Å². The van der Waals surface area contributed by atoms with Gasteiger partial charge in [-0.05, 0) is 69.8 Å². The van der Waals surface area contributed by atoms with Crippen molar-refractivity contribution in [2.45, 2.75) is 64.3 Å². The zero-order valence-corrected chi connectivity index (χ0v) is 23.7. The summed E-state index contributed by atoms with van der Waals surface area (Å²) in [6.07, 6.45) is 6.29. The molecular weight excluding hydrogens is 533 g/mol. The third kappa shape index (κ3) is 7.08. The van der Waals surface area contributed by atoms with E-state index < -0.39 is 26.8 Å². The minimum atomic E-state index is -5.82. The van der Waals surface area contributed by atoms with Crippen molar-refractivity contribution in [2.75, 3.05) is 32.7 Å². The van der Waals surface area contributed by atoms with Gasteiger partial charge in [0.05, 0.1) is 11.0 Å². The van der Waals surface area contributed by atoms with Crippen LogP contribution in [0.5, 0.6) is 5.75 Å². The van der Waals surface area contributed by atoms with Crippen LogP contribution < -0.4 is 4.18 Å². The molecule has 1 amide bonds. The summed E-state index contributed by atoms with van der Waals surface area (Å²) in [5.41, 5.74) is -5.45. The second-order valence-electron chi connectivity index (χ2n) is 10.1. The van der Waals surface area contributed by atoms with Gasteiger partial charge < -0.3 is 14.0 Å². The number of carbonyl (C=O) groups excluding carboxylic acids is 1. The van der Waals surface area contributed by atoms with E-state index in [1.54, 1.807) is 11.0 Å². The van der Waals surface area contributed by atoms with Crippen molar-refractivity contribution in [3.05, 3.63) is 53.6 Å². The second-order valence-corrected chi connectivity index (χ2v) is 11.6. The van der Waals surface area contributed by atoms with Gasteiger partial charge in [-0.1, -0.05) is 32.4 Å². The molecule has 1 unspecified atom stereocenters. The minimum Gasteiger partial charge on any atom is -0.376 e. The Balaban J connectivity index is 1.98. The van der Waals surface area contributed by atoms with E-state index in [4.69, 9.17) is 0 Å². The highest BCUT2D eigenvalue weighted by atomic mass is 32.2. The molecule has 8 nitrogen and oxygen atoms in total. The number of alkyl halides is 3. The zero-order valence-electron chi connectivity index (χ0n) is 22.9. The number of benzene rings is 1. The second kappa shape index (κ2) is 12.6. The fourth-order valence-electron chi connectivity index (χ4n) is 5.18. The number of likely N-dealkylation sites (tertiary alicyclic amines) is 1. The predicted octanol–water partition coefficient (Wildman–Crippen LogP) is 5.01. The Labute approximate surface area is 228 Å². The van der Waals surface area contributed by atoms with E-state index in [1.807, 2.05) is 13.8 Å². The smallest absolute Gasteiger partial charge is 0.376 e. The van der Waals surface area contributed by atoms with E-state index in [-0.39, 0.29) is 5.91 Å². The molecule has 12 heteroatoms. The molecule has 1 fully saturated rings. The molecule has 1 aromatic carbocycles. The van der Waals surface area contributed by atoms with E-state index in [0.717, 1.165) is 19.4 Å². The van der Waals surface area contributed by atoms with Crippen molar-refractivity contribution in [3.63, 3.8) is 0 Å². The zero-order chi connectivity index (χ0) is 28.8. The maximum atomic E-state index is 13.0. The Bertz CT molecular complexity index is 1210. The Morgan fingerprint density at radius 1 is 1.13 bits per heavy atom. The van der Waals surface area contributed by atoms with Crippen LogP contribution >= 0.6 is 0 Å². The first-order valence-electron chi connectivity index (χ1n) is 13.3. The molecule has 39 heavy (non-hydrogen) atoms. The highest BCUT2D eigenvalue weighted by molar-refractivity contribution is 7.88. The van der Waals surface area contributed by atoms with E-state index in [2.05, 4.69) is 32.9 Å². The Hall–Kier alpha value is -2.73. The van der Waals surface area contributed by atoms with Gasteiger partial charge in [0.15, 0.2) is 0 Å². The molecule has 0 spiro atoms. The molecule has 1 atom stereocenters. The van der Waals surface area contributed by atoms with Gasteiger partial charge in [-0.2, -0.15) is 21.6 Å². The lowest BCUT2D eigenvalue weighted by Crippen LogP contribution is -2.45. The molecule has 1 aliphatic heterocycles. The van der Waals surface area contributed by atoms with Crippen LogP contribution in [0.25, 0.3) is 0 Å². The third-order valence-electron chi connectivity index (χ3n) is 7.31. The summed E-state index contributed by atoms with van der Waals surface area (Å²) in [7, 11) is -5.82. The first-order chi connectivity index (χ1) is 18.4. The van der Waals surface area contributed by atoms with Crippen molar-refractivity contribution in [3.8, 4) is 5.75 Å². The van der Waals surface area contributed by atoms with Gasteiger partial charge in [0.1, 0.15) is 11.6 Å². The minimum absolute atomic E-state index is 0.187. The normalized spacial score (nSPS) is 17.0. The van der Waals surface area contributed by atoms with Crippen LogP contribution in [0.3, 0.4) is 0 Å². The Morgan fingerprint density at radius 3 is 2.28 bits per heavy atom. The van der Waals surface area contributed by atoms with Crippen molar-refractivity contribution in [2.24, 2.45) is 5.92 Å². The molecule has 0 N–H and O–H groups in total. The van der Waals surface area contributed by atoms with Crippen LogP contribution in [-0.4, -0.2) is 72.3 Å². The van der Waals surface area contributed by atoms with Crippen molar-refractivity contribution >= 4 is 16.0 Å². The van der Waals surface area contributed by atoms with Gasteiger partial charge in [-0.25, -0.2) is 9.97 Å². The summed E-state index contributed by atoms with van der Waals surface area (Å²) in [6.45, 7) is 11.5. The summed E-state index contributed by atoms with van der Waals surface area (Å²) in [4.78, 5) is 25.9. The van der Waals surface area contributed by atoms with Crippen molar-refractivity contribution < 1.29 is 30.6 Å². The summed E-state index contributed by atoms with van der Waals surface area (Å²) in [5.74, 6) is 0.328. The molecule has 0 saturated carbocycles. The average molecular weight is 571 g/mol. The highest BCUT2D eigenvalue weighted by Crippen LogP contribution is 2.42. The molecule has 2 heterocycles. The monoisotopic (exact) mass is 570 g/mol. The summed E-state index contributed by atoms with van der Waals surface area (Å²) >= 11 is 0. The van der Waals surface area contributed by atoms with E-state index in [0.29, 0.717) is 61.9 Å². The quantitative estimate of drug-likeness (QED) is 0.277. The first kappa shape index (κ1) is 30.8. The molecule has 216 valence electrons. The highest BCUT2D eigenvalue weighted by Gasteiger charge is 2.49. The van der Waals surface area contributed by atoms with Crippen LogP contribution in [0.1, 0.15) is 75.1 Å². The van der Waals surface area contributed by atoms with Crippen LogP contribution in [0.4, 0.5) is 13.2 Å². The molecule has 0 bridgehead atoms. The molecule has 1 saturated heterocycles.